The fraction of sp³-hybridized carbons (Fsp3) is 0.529. The number of carboxylic acid groups (broad SMARTS) is 1. The van der Waals surface area contributed by atoms with Crippen LogP contribution in [0, 0.1) is 5.92 Å². The summed E-state index contributed by atoms with van der Waals surface area (Å²) in [5, 5.41) is 12.0. The molecule has 0 aromatic heterocycles. The molecule has 1 aliphatic rings. The summed E-state index contributed by atoms with van der Waals surface area (Å²) < 4.78 is 0. The predicted octanol–water partition coefficient (Wildman–Crippen LogP) is 2.68. The molecule has 1 saturated carbocycles. The number of carbonyl (C=O) groups is 2. The molecule has 1 aromatic carbocycles. The van der Waals surface area contributed by atoms with Crippen LogP contribution in [0.1, 0.15) is 37.7 Å². The van der Waals surface area contributed by atoms with Crippen molar-refractivity contribution in [3.8, 4) is 0 Å². The minimum absolute atomic E-state index is 0.123. The Morgan fingerprint density at radius 3 is 2.64 bits per heavy atom. The van der Waals surface area contributed by atoms with E-state index < -0.39 is 11.9 Å². The summed E-state index contributed by atoms with van der Waals surface area (Å²) in [6.45, 7) is 1.82. The molecular weight excluding hydrogens is 280 g/mol. The van der Waals surface area contributed by atoms with Crippen molar-refractivity contribution in [2.24, 2.45) is 5.92 Å². The third-order valence-electron chi connectivity index (χ3n) is 4.37. The van der Waals surface area contributed by atoms with Gasteiger partial charge < -0.3 is 15.3 Å². The molecule has 1 unspecified atom stereocenters. The van der Waals surface area contributed by atoms with Gasteiger partial charge in [-0.25, -0.2) is 4.79 Å². The van der Waals surface area contributed by atoms with E-state index >= 15 is 0 Å². The van der Waals surface area contributed by atoms with Crippen LogP contribution in [0.2, 0.25) is 0 Å². The van der Waals surface area contributed by atoms with E-state index in [4.69, 9.17) is 5.11 Å². The highest BCUT2D eigenvalue weighted by atomic mass is 16.4. The Morgan fingerprint density at radius 1 is 1.32 bits per heavy atom. The highest BCUT2D eigenvalue weighted by Gasteiger charge is 2.30. The summed E-state index contributed by atoms with van der Waals surface area (Å²) in [5.41, 5.74) is 1.26. The SMILES string of the molecule is CC(CN(C)C(=O)N[C@@H]1CCC[C@H]1c1ccccc1)C(=O)O. The number of nitrogens with one attached hydrogen (secondary N) is 1. The Bertz CT molecular complexity index is 518. The number of carbonyl (C=O) groups excluding carboxylic acids is 1. The molecule has 1 aliphatic carbocycles. The lowest BCUT2D eigenvalue weighted by molar-refractivity contribution is -0.141. The van der Waals surface area contributed by atoms with Gasteiger partial charge in [-0.05, 0) is 18.4 Å². The molecule has 22 heavy (non-hydrogen) atoms. The smallest absolute Gasteiger partial charge is 0.317 e. The molecule has 3 atom stereocenters. The number of nitrogens with zero attached hydrogens (tertiary/aromatic N) is 1. The van der Waals surface area contributed by atoms with Crippen LogP contribution in [-0.2, 0) is 4.79 Å². The van der Waals surface area contributed by atoms with Gasteiger partial charge in [-0.15, -0.1) is 0 Å². The van der Waals surface area contributed by atoms with Gasteiger partial charge in [0.2, 0.25) is 0 Å². The lowest BCUT2D eigenvalue weighted by Crippen LogP contribution is -2.45. The van der Waals surface area contributed by atoms with E-state index in [9.17, 15) is 9.59 Å². The zero-order valence-corrected chi connectivity index (χ0v) is 13.2. The van der Waals surface area contributed by atoms with Crippen molar-refractivity contribution in [1.29, 1.82) is 0 Å². The number of amides is 2. The van der Waals surface area contributed by atoms with Gasteiger partial charge in [0.05, 0.1) is 5.92 Å². The Labute approximate surface area is 131 Å². The van der Waals surface area contributed by atoms with Crippen molar-refractivity contribution in [2.75, 3.05) is 13.6 Å². The van der Waals surface area contributed by atoms with E-state index in [1.54, 1.807) is 14.0 Å². The third-order valence-corrected chi connectivity index (χ3v) is 4.37. The van der Waals surface area contributed by atoms with Crippen LogP contribution in [0.5, 0.6) is 0 Å². The molecule has 0 bridgehead atoms. The molecule has 1 aromatic rings. The van der Waals surface area contributed by atoms with Crippen LogP contribution in [0.25, 0.3) is 0 Å². The van der Waals surface area contributed by atoms with Crippen molar-refractivity contribution >= 4 is 12.0 Å². The summed E-state index contributed by atoms with van der Waals surface area (Å²) in [6, 6.07) is 10.2. The maximum Gasteiger partial charge on any atom is 0.317 e. The zero-order valence-electron chi connectivity index (χ0n) is 13.2. The number of carboxylic acids is 1. The monoisotopic (exact) mass is 304 g/mol. The summed E-state index contributed by atoms with van der Waals surface area (Å²) >= 11 is 0. The van der Waals surface area contributed by atoms with Crippen molar-refractivity contribution in [3.05, 3.63) is 35.9 Å². The molecule has 0 spiro atoms. The molecule has 0 saturated heterocycles. The molecule has 0 heterocycles. The Hall–Kier alpha value is -2.04. The fourth-order valence-electron chi connectivity index (χ4n) is 3.07. The molecule has 2 rings (SSSR count). The third kappa shape index (κ3) is 4.00. The number of aliphatic carboxylic acids is 1. The van der Waals surface area contributed by atoms with E-state index in [-0.39, 0.29) is 18.6 Å². The maximum absolute atomic E-state index is 12.3. The van der Waals surface area contributed by atoms with Gasteiger partial charge in [0, 0.05) is 25.6 Å². The lowest BCUT2D eigenvalue weighted by atomic mass is 9.94. The molecule has 5 heteroatoms. The van der Waals surface area contributed by atoms with Crippen LogP contribution in [-0.4, -0.2) is 41.6 Å². The second-order valence-corrected chi connectivity index (χ2v) is 6.12. The van der Waals surface area contributed by atoms with E-state index in [1.807, 2.05) is 18.2 Å². The minimum atomic E-state index is -0.886. The average Bonchev–Trinajstić information content (AvgIpc) is 2.96. The minimum Gasteiger partial charge on any atom is -0.481 e. The normalized spacial score (nSPS) is 22.1. The van der Waals surface area contributed by atoms with Crippen molar-refractivity contribution in [2.45, 2.75) is 38.1 Å². The first-order valence-corrected chi connectivity index (χ1v) is 7.78. The van der Waals surface area contributed by atoms with Gasteiger partial charge >= 0.3 is 12.0 Å². The number of hydrogen-bond acceptors (Lipinski definition) is 2. The number of urea groups is 1. The molecule has 0 aliphatic heterocycles. The van der Waals surface area contributed by atoms with Gasteiger partial charge in [-0.2, -0.15) is 0 Å². The highest BCUT2D eigenvalue weighted by Crippen LogP contribution is 2.34. The van der Waals surface area contributed by atoms with Crippen LogP contribution >= 0.6 is 0 Å². The van der Waals surface area contributed by atoms with Crippen LogP contribution < -0.4 is 5.32 Å². The number of rotatable bonds is 5. The zero-order chi connectivity index (χ0) is 16.1. The van der Waals surface area contributed by atoms with Gasteiger partial charge in [-0.3, -0.25) is 4.79 Å². The molecule has 2 N–H and O–H groups in total. The summed E-state index contributed by atoms with van der Waals surface area (Å²) in [6.07, 6.45) is 3.14. The topological polar surface area (TPSA) is 69.6 Å². The second-order valence-electron chi connectivity index (χ2n) is 6.12. The number of hydrogen-bond donors (Lipinski definition) is 2. The van der Waals surface area contributed by atoms with Gasteiger partial charge in [0.15, 0.2) is 0 Å². The van der Waals surface area contributed by atoms with E-state index in [1.165, 1.54) is 10.5 Å². The van der Waals surface area contributed by atoms with Crippen LogP contribution in [0.3, 0.4) is 0 Å². The van der Waals surface area contributed by atoms with Crippen LogP contribution in [0.15, 0.2) is 30.3 Å². The van der Waals surface area contributed by atoms with E-state index in [0.717, 1.165) is 19.3 Å². The van der Waals surface area contributed by atoms with Crippen molar-refractivity contribution in [1.82, 2.24) is 10.2 Å². The summed E-state index contributed by atoms with van der Waals surface area (Å²) in [7, 11) is 1.64. The first-order chi connectivity index (χ1) is 10.5. The van der Waals surface area contributed by atoms with Gasteiger partial charge in [0.25, 0.3) is 0 Å². The summed E-state index contributed by atoms with van der Waals surface area (Å²) in [5.74, 6) is -1.11. The van der Waals surface area contributed by atoms with Crippen molar-refractivity contribution in [3.63, 3.8) is 0 Å². The average molecular weight is 304 g/mol. The second kappa shape index (κ2) is 7.29. The Balaban J connectivity index is 1.94. The molecule has 0 radical (unpaired) electrons. The lowest BCUT2D eigenvalue weighted by Gasteiger charge is -2.26. The van der Waals surface area contributed by atoms with E-state index in [0.29, 0.717) is 5.92 Å². The summed E-state index contributed by atoms with van der Waals surface area (Å²) in [4.78, 5) is 24.6. The Morgan fingerprint density at radius 2 is 2.00 bits per heavy atom. The van der Waals surface area contributed by atoms with E-state index in [2.05, 4.69) is 17.4 Å². The fourth-order valence-corrected chi connectivity index (χ4v) is 3.07. The van der Waals surface area contributed by atoms with Crippen LogP contribution in [0.4, 0.5) is 4.79 Å². The first-order valence-electron chi connectivity index (χ1n) is 7.78. The molecule has 120 valence electrons. The highest BCUT2D eigenvalue weighted by molar-refractivity contribution is 5.76. The molecule has 2 amide bonds. The van der Waals surface area contributed by atoms with Gasteiger partial charge in [0.1, 0.15) is 0 Å². The predicted molar refractivity (Wildman–Crippen MR) is 84.8 cm³/mol. The number of benzene rings is 1. The standard InChI is InChI=1S/C17H24N2O3/c1-12(16(20)21)11-19(2)17(22)18-15-10-6-9-14(15)13-7-4-3-5-8-13/h3-5,7-8,12,14-15H,6,9-11H2,1-2H3,(H,18,22)(H,20,21)/t12?,14-,15+/m0/s1. The molecule has 5 nitrogen and oxygen atoms in total. The quantitative estimate of drug-likeness (QED) is 0.878. The largest absolute Gasteiger partial charge is 0.481 e. The van der Waals surface area contributed by atoms with Crippen molar-refractivity contribution < 1.29 is 14.7 Å². The first kappa shape index (κ1) is 16.3. The maximum atomic E-state index is 12.3. The molecule has 1 fully saturated rings. The molecular formula is C17H24N2O3. The Kier molecular flexibility index (Phi) is 5.41. The van der Waals surface area contributed by atoms with Gasteiger partial charge in [-0.1, -0.05) is 43.7 Å².